The molecule has 0 saturated heterocycles. The normalized spacial score (nSPS) is 11.9. The van der Waals surface area contributed by atoms with Crippen LogP contribution in [0.15, 0.2) is 124 Å². The number of aromatic hydroxyl groups is 2. The summed E-state index contributed by atoms with van der Waals surface area (Å²) >= 11 is 1.23. The van der Waals surface area contributed by atoms with Crippen LogP contribution in [0, 0.1) is 6.92 Å². The van der Waals surface area contributed by atoms with Crippen molar-refractivity contribution in [2.45, 2.75) is 34.6 Å². The molecule has 0 aliphatic carbocycles. The number of phenolic OH excluding ortho intramolecular Hbond substituents is 1. The van der Waals surface area contributed by atoms with E-state index in [0.29, 0.717) is 50.3 Å². The second-order valence-corrected chi connectivity index (χ2v) is 22.0. The van der Waals surface area contributed by atoms with E-state index in [9.17, 15) is 67.2 Å². The Hall–Kier alpha value is -8.12. The number of thiazole rings is 1. The summed E-state index contributed by atoms with van der Waals surface area (Å²) in [5.41, 5.74) is 0.445. The van der Waals surface area contributed by atoms with E-state index >= 15 is 0 Å². The Morgan fingerprint density at radius 3 is 1.76 bits per heavy atom. The van der Waals surface area contributed by atoms with Gasteiger partial charge in [0, 0.05) is 16.8 Å². The molecular formula is C38H31N9O24S7. The molecule has 0 bridgehead atoms. The maximum atomic E-state index is 12.8. The molecule has 0 spiro atoms. The number of rotatable bonds is 16. The zero-order chi connectivity index (χ0) is 58.5. The highest BCUT2D eigenvalue weighted by atomic mass is 32.2. The van der Waals surface area contributed by atoms with Gasteiger partial charge in [-0.25, -0.2) is 4.98 Å². The van der Waals surface area contributed by atoms with Gasteiger partial charge in [0.05, 0.1) is 56.5 Å². The summed E-state index contributed by atoms with van der Waals surface area (Å²) in [4.78, 5) is 17.8. The highest BCUT2D eigenvalue weighted by Crippen LogP contribution is 2.44. The number of aromatic nitrogens is 3. The minimum atomic E-state index is -5.16. The van der Waals surface area contributed by atoms with E-state index in [1.807, 2.05) is 0 Å². The summed E-state index contributed by atoms with van der Waals surface area (Å²) in [6.07, 6.45) is 0.974. The fourth-order valence-electron chi connectivity index (χ4n) is 6.14. The van der Waals surface area contributed by atoms with Crippen molar-refractivity contribution >= 4 is 134 Å². The molecule has 0 fully saturated rings. The third-order valence-electron chi connectivity index (χ3n) is 9.25. The maximum Gasteiger partial charge on any atom is 0.425 e. The lowest BCUT2D eigenvalue weighted by molar-refractivity contribution is -0.191. The number of aryl methyl sites for hydroxylation is 1. The van der Waals surface area contributed by atoms with Gasteiger partial charge in [-0.1, -0.05) is 23.5 Å². The lowest BCUT2D eigenvalue weighted by atomic mass is 10.1. The smallest absolute Gasteiger partial charge is 0.425 e. The molecule has 40 heteroatoms. The van der Waals surface area contributed by atoms with Gasteiger partial charge in [0.2, 0.25) is 11.0 Å². The van der Waals surface area contributed by atoms with Crippen molar-refractivity contribution in [3.8, 4) is 23.1 Å². The van der Waals surface area contributed by atoms with Crippen LogP contribution in [-0.4, -0.2) is 126 Å². The van der Waals surface area contributed by atoms with Gasteiger partial charge in [-0.15, -0.1) is 55.9 Å². The summed E-state index contributed by atoms with van der Waals surface area (Å²) in [7, 11) is -25.8. The Kier molecular flexibility index (Phi) is 21.0. The van der Waals surface area contributed by atoms with Crippen LogP contribution in [0.1, 0.15) is 17.5 Å². The Labute approximate surface area is 443 Å². The molecule has 7 rings (SSSR count). The van der Waals surface area contributed by atoms with Crippen molar-refractivity contribution in [2.24, 2.45) is 30.7 Å². The molecule has 2 heterocycles. The number of benzene rings is 5. The van der Waals surface area contributed by atoms with Gasteiger partial charge in [-0.2, -0.15) is 53.0 Å². The van der Waals surface area contributed by atoms with Gasteiger partial charge >= 0.3 is 27.4 Å². The summed E-state index contributed by atoms with van der Waals surface area (Å²) < 4.78 is 192. The number of phenols is 1. The van der Waals surface area contributed by atoms with E-state index in [2.05, 4.69) is 40.8 Å². The zero-order valence-corrected chi connectivity index (χ0v) is 44.0. The molecule has 7 N–H and O–H groups in total. The Bertz CT molecular complexity index is 4210. The SMILES string of the molecule is Cc1cc(N=Nc2ccc3c(S(=O)(=O)O)c(N=Nc4cnn(-c5cc(S(=O)(=O)O)cc(S(=O)(=O)O)c5)c4O)ccc3c2O)c(OCCCS(=O)(=O)O)cc1N=Nc1nc2ccc(CO)cc2s1.O=C=O.O=S(=O)=O.O=S(=O)=O. The highest BCUT2D eigenvalue weighted by molar-refractivity contribution is 7.87. The van der Waals surface area contributed by atoms with Crippen LogP contribution in [0.4, 0.5) is 33.6 Å². The van der Waals surface area contributed by atoms with Crippen LogP contribution >= 0.6 is 11.3 Å². The molecule has 0 saturated carbocycles. The zero-order valence-electron chi connectivity index (χ0n) is 38.3. The van der Waals surface area contributed by atoms with Gasteiger partial charge in [0.15, 0.2) is 11.4 Å². The number of carbonyl (C=O) groups excluding carboxylic acids is 2. The molecule has 2 aromatic heterocycles. The molecular weight excluding hydrogens is 1190 g/mol. The fourth-order valence-corrected chi connectivity index (χ4v) is 9.46. The number of hydrogen-bond donors (Lipinski definition) is 7. The third kappa shape index (κ3) is 17.7. The number of hydrogen-bond acceptors (Lipinski definition) is 29. The van der Waals surface area contributed by atoms with Crippen LogP contribution in [-0.2, 0) is 77.9 Å². The summed E-state index contributed by atoms with van der Waals surface area (Å²) in [6, 6.07) is 14.6. The number of aliphatic hydroxyl groups is 1. The van der Waals surface area contributed by atoms with Gasteiger partial charge in [-0.05, 0) is 79.1 Å². The number of aliphatic hydroxyl groups excluding tert-OH is 1. The first kappa shape index (κ1) is 62.4. The van der Waals surface area contributed by atoms with E-state index in [1.165, 1.54) is 29.5 Å². The summed E-state index contributed by atoms with van der Waals surface area (Å²) in [6.45, 7) is 1.30. The van der Waals surface area contributed by atoms with Crippen LogP contribution < -0.4 is 4.74 Å². The minimum Gasteiger partial charge on any atom is -0.505 e. The van der Waals surface area contributed by atoms with Crippen molar-refractivity contribution in [3.63, 3.8) is 0 Å². The Balaban J connectivity index is 0.00000109. The Morgan fingerprint density at radius 1 is 0.654 bits per heavy atom. The second kappa shape index (κ2) is 26.3. The predicted octanol–water partition coefficient (Wildman–Crippen LogP) is 4.90. The molecule has 7 aromatic rings. The molecule has 5 aromatic carbocycles. The molecule has 414 valence electrons. The lowest BCUT2D eigenvalue weighted by Crippen LogP contribution is -2.08. The van der Waals surface area contributed by atoms with Crippen molar-refractivity contribution in [2.75, 3.05) is 12.4 Å². The largest absolute Gasteiger partial charge is 0.505 e. The average molecular weight is 1220 g/mol. The maximum absolute atomic E-state index is 12.8. The van der Waals surface area contributed by atoms with Crippen LogP contribution in [0.3, 0.4) is 0 Å². The van der Waals surface area contributed by atoms with E-state index in [1.54, 1.807) is 25.1 Å². The fraction of sp³-hybridized carbons (Fsp3) is 0.132. The summed E-state index contributed by atoms with van der Waals surface area (Å²) in [5, 5.41) is 59.6. The van der Waals surface area contributed by atoms with Gasteiger partial charge < -0.3 is 20.1 Å². The molecule has 33 nitrogen and oxygen atoms in total. The van der Waals surface area contributed by atoms with Crippen molar-refractivity contribution < 1.29 is 107 Å². The Morgan fingerprint density at radius 2 is 1.19 bits per heavy atom. The first-order chi connectivity index (χ1) is 36.3. The molecule has 0 aliphatic rings. The first-order valence-corrected chi connectivity index (χ1v) is 28.7. The van der Waals surface area contributed by atoms with E-state index < -0.39 is 111 Å². The molecule has 0 unspecified atom stereocenters. The number of azo groups is 3. The summed E-state index contributed by atoms with van der Waals surface area (Å²) in [5.74, 6) is -2.11. The molecule has 78 heavy (non-hydrogen) atoms. The number of fused-ring (bicyclic) bond motifs is 2. The van der Waals surface area contributed by atoms with Crippen LogP contribution in [0.25, 0.3) is 26.7 Å². The quantitative estimate of drug-likeness (QED) is 0.0384. The standard InChI is InChI=1S/C37H31N9O16S5.CO2.2O3S/c1-19-11-30(32(62-9-2-10-64(50,51)52)16-29(19)42-45-37-39-26-6-3-20(18-47)12-33(26)63-37)43-40-27-7-5-25-24(34(27)48)4-8-28(35(25)67(59,60)61)41-44-31-17-38-46(36(31)49)21-13-22(65(53,54)55)15-23(14-21)66(56,57)58;2-1-3;2*1-4(2)3/h3-8,11-17,47-49H,2,9-10,18H2,1H3,(H,50,51,52)(H,53,54,55)(H,56,57,58)(H,59,60,61);;;. The molecule has 0 amide bonds. The minimum absolute atomic E-state index is 0.0329. The predicted molar refractivity (Wildman–Crippen MR) is 260 cm³/mol. The lowest BCUT2D eigenvalue weighted by Gasteiger charge is -2.11. The number of nitrogens with zero attached hydrogens (tertiary/aromatic N) is 9. The molecule has 0 aliphatic heterocycles. The van der Waals surface area contributed by atoms with Crippen molar-refractivity contribution in [3.05, 3.63) is 90.1 Å². The van der Waals surface area contributed by atoms with E-state index in [0.717, 1.165) is 29.1 Å². The van der Waals surface area contributed by atoms with E-state index in [4.69, 9.17) is 39.6 Å². The van der Waals surface area contributed by atoms with Gasteiger partial charge in [0.25, 0.3) is 40.5 Å². The monoisotopic (exact) mass is 1220 g/mol. The topological polar surface area (TPSA) is 529 Å². The van der Waals surface area contributed by atoms with Crippen LogP contribution in [0.2, 0.25) is 0 Å². The van der Waals surface area contributed by atoms with Crippen molar-refractivity contribution in [1.29, 1.82) is 0 Å². The number of ether oxygens (including phenoxy) is 1. The highest BCUT2D eigenvalue weighted by Gasteiger charge is 2.24. The van der Waals surface area contributed by atoms with E-state index in [-0.39, 0.29) is 53.7 Å². The molecule has 0 radical (unpaired) electrons. The second-order valence-electron chi connectivity index (χ2n) is 14.4. The average Bonchev–Trinajstić information content (AvgIpc) is 3.92. The van der Waals surface area contributed by atoms with Crippen molar-refractivity contribution in [1.82, 2.24) is 14.8 Å². The molecule has 0 atom stereocenters. The first-order valence-electron chi connectivity index (χ1n) is 19.9. The third-order valence-corrected chi connectivity index (χ3v) is 13.6. The van der Waals surface area contributed by atoms with Crippen LogP contribution in [0.5, 0.6) is 17.4 Å². The van der Waals surface area contributed by atoms with Gasteiger partial charge in [0.1, 0.15) is 27.7 Å². The van der Waals surface area contributed by atoms with Gasteiger partial charge in [-0.3, -0.25) is 18.2 Å².